The van der Waals surface area contributed by atoms with Gasteiger partial charge in [0.25, 0.3) is 5.91 Å². The lowest BCUT2D eigenvalue weighted by Gasteiger charge is -2.21. The van der Waals surface area contributed by atoms with Crippen LogP contribution in [0.5, 0.6) is 0 Å². The fraction of sp³-hybridized carbons (Fsp3) is 0.583. The average molecular weight is 279 g/mol. The summed E-state index contributed by atoms with van der Waals surface area (Å²) in [6.45, 7) is 4.24. The van der Waals surface area contributed by atoms with E-state index in [1.54, 1.807) is 13.0 Å². The second-order valence-electron chi connectivity index (χ2n) is 3.98. The van der Waals surface area contributed by atoms with Crippen LogP contribution in [0.25, 0.3) is 0 Å². The molecule has 0 unspecified atom stereocenters. The van der Waals surface area contributed by atoms with Crippen LogP contribution >= 0.6 is 11.3 Å². The van der Waals surface area contributed by atoms with Crippen LogP contribution in [0.2, 0.25) is 0 Å². The van der Waals surface area contributed by atoms with E-state index in [-0.39, 0.29) is 6.54 Å². The number of carbonyl (C=O) groups is 1. The van der Waals surface area contributed by atoms with Crippen molar-refractivity contribution in [3.63, 3.8) is 0 Å². The van der Waals surface area contributed by atoms with Gasteiger partial charge in [-0.25, -0.2) is 0 Å². The molecule has 0 N–H and O–H groups in total. The van der Waals surface area contributed by atoms with Gasteiger partial charge in [0.05, 0.1) is 4.88 Å². The second-order valence-corrected chi connectivity index (χ2v) is 5.24. The summed E-state index contributed by atoms with van der Waals surface area (Å²) in [5, 5.41) is 0. The van der Waals surface area contributed by atoms with E-state index < -0.39 is 18.6 Å². The van der Waals surface area contributed by atoms with E-state index in [2.05, 4.69) is 0 Å². The number of thiophene rings is 1. The first kappa shape index (κ1) is 15.0. The Hall–Kier alpha value is -1.04. The summed E-state index contributed by atoms with van der Waals surface area (Å²) in [6, 6.07) is 1.70. The molecular formula is C12H16F3NOS. The molecule has 1 aromatic heterocycles. The lowest BCUT2D eigenvalue weighted by atomic mass is 10.2. The molecule has 18 heavy (non-hydrogen) atoms. The topological polar surface area (TPSA) is 20.3 Å². The van der Waals surface area contributed by atoms with Gasteiger partial charge in [-0.2, -0.15) is 13.2 Å². The van der Waals surface area contributed by atoms with Crippen LogP contribution in [-0.2, 0) is 6.42 Å². The first-order chi connectivity index (χ1) is 8.28. The summed E-state index contributed by atoms with van der Waals surface area (Å²) < 4.78 is 37.0. The van der Waals surface area contributed by atoms with Gasteiger partial charge >= 0.3 is 6.18 Å². The molecule has 0 saturated carbocycles. The third-order valence-corrected chi connectivity index (χ3v) is 3.73. The van der Waals surface area contributed by atoms with E-state index >= 15 is 0 Å². The largest absolute Gasteiger partial charge is 0.406 e. The van der Waals surface area contributed by atoms with Crippen molar-refractivity contribution in [2.75, 3.05) is 13.1 Å². The highest BCUT2D eigenvalue weighted by atomic mass is 32.1. The maximum Gasteiger partial charge on any atom is 0.406 e. The molecule has 6 heteroatoms. The number of amides is 1. The van der Waals surface area contributed by atoms with Crippen molar-refractivity contribution in [2.24, 2.45) is 0 Å². The fourth-order valence-electron chi connectivity index (χ4n) is 1.68. The normalized spacial score (nSPS) is 11.7. The van der Waals surface area contributed by atoms with E-state index in [1.165, 1.54) is 11.3 Å². The van der Waals surface area contributed by atoms with Crippen LogP contribution in [0, 0.1) is 6.92 Å². The Morgan fingerprint density at radius 1 is 1.39 bits per heavy atom. The predicted octanol–water partition coefficient (Wildman–Crippen LogP) is 3.64. The summed E-state index contributed by atoms with van der Waals surface area (Å²) in [4.78, 5) is 14.2. The summed E-state index contributed by atoms with van der Waals surface area (Å²) in [6.07, 6.45) is -3.58. The molecule has 0 aliphatic carbocycles. The minimum absolute atomic E-state index is 0.0523. The SMILES string of the molecule is CCc1cc(C(=O)N(CC)CC(F)(F)F)sc1C. The first-order valence-corrected chi connectivity index (χ1v) is 6.55. The van der Waals surface area contributed by atoms with Gasteiger partial charge in [-0.15, -0.1) is 11.3 Å². The highest BCUT2D eigenvalue weighted by molar-refractivity contribution is 7.14. The number of hydrogen-bond donors (Lipinski definition) is 0. The van der Waals surface area contributed by atoms with E-state index in [9.17, 15) is 18.0 Å². The Balaban J connectivity index is 2.89. The molecule has 1 heterocycles. The zero-order valence-electron chi connectivity index (χ0n) is 10.6. The van der Waals surface area contributed by atoms with E-state index in [0.29, 0.717) is 4.88 Å². The average Bonchev–Trinajstić information content (AvgIpc) is 2.65. The Morgan fingerprint density at radius 3 is 2.39 bits per heavy atom. The highest BCUT2D eigenvalue weighted by Gasteiger charge is 2.33. The molecular weight excluding hydrogens is 263 g/mol. The smallest absolute Gasteiger partial charge is 0.329 e. The number of nitrogens with zero attached hydrogens (tertiary/aromatic N) is 1. The van der Waals surface area contributed by atoms with Crippen LogP contribution in [0.4, 0.5) is 13.2 Å². The maximum absolute atomic E-state index is 12.3. The molecule has 2 nitrogen and oxygen atoms in total. The molecule has 0 aliphatic rings. The second kappa shape index (κ2) is 5.73. The molecule has 0 saturated heterocycles. The molecule has 0 bridgehead atoms. The molecule has 1 rings (SSSR count). The number of hydrogen-bond acceptors (Lipinski definition) is 2. The van der Waals surface area contributed by atoms with Gasteiger partial charge in [0.15, 0.2) is 0 Å². The van der Waals surface area contributed by atoms with Gasteiger partial charge in [-0.1, -0.05) is 6.92 Å². The fourth-order valence-corrected chi connectivity index (χ4v) is 2.76. The van der Waals surface area contributed by atoms with Crippen LogP contribution in [0.3, 0.4) is 0 Å². The Kier molecular flexibility index (Phi) is 4.78. The zero-order valence-corrected chi connectivity index (χ0v) is 11.4. The molecule has 0 atom stereocenters. The van der Waals surface area contributed by atoms with Crippen molar-refractivity contribution in [1.82, 2.24) is 4.90 Å². The van der Waals surface area contributed by atoms with Gasteiger partial charge in [0, 0.05) is 11.4 Å². The Morgan fingerprint density at radius 2 is 2.00 bits per heavy atom. The van der Waals surface area contributed by atoms with E-state index in [0.717, 1.165) is 21.8 Å². The molecule has 0 aliphatic heterocycles. The molecule has 0 aromatic carbocycles. The number of aryl methyl sites for hydroxylation is 2. The number of rotatable bonds is 4. The van der Waals surface area contributed by atoms with Gasteiger partial charge in [-0.05, 0) is 31.9 Å². The first-order valence-electron chi connectivity index (χ1n) is 5.73. The van der Waals surface area contributed by atoms with Gasteiger partial charge < -0.3 is 4.90 Å². The summed E-state index contributed by atoms with van der Waals surface area (Å²) >= 11 is 1.26. The molecule has 0 radical (unpaired) electrons. The van der Waals surface area contributed by atoms with Crippen molar-refractivity contribution in [3.05, 3.63) is 21.4 Å². The number of alkyl halides is 3. The van der Waals surface area contributed by atoms with Crippen molar-refractivity contribution in [1.29, 1.82) is 0 Å². The molecule has 0 fully saturated rings. The number of halogens is 3. The maximum atomic E-state index is 12.3. The molecule has 1 amide bonds. The van der Waals surface area contributed by atoms with E-state index in [4.69, 9.17) is 0 Å². The summed E-state index contributed by atoms with van der Waals surface area (Å²) in [7, 11) is 0. The lowest BCUT2D eigenvalue weighted by Crippen LogP contribution is -2.38. The van der Waals surface area contributed by atoms with Crippen LogP contribution < -0.4 is 0 Å². The third kappa shape index (κ3) is 3.73. The summed E-state index contributed by atoms with van der Waals surface area (Å²) in [5.41, 5.74) is 1.02. The quantitative estimate of drug-likeness (QED) is 0.824. The van der Waals surface area contributed by atoms with Crippen LogP contribution in [-0.4, -0.2) is 30.1 Å². The summed E-state index contributed by atoms with van der Waals surface area (Å²) in [5.74, 6) is -0.539. The Bertz CT molecular complexity index is 425. The van der Waals surface area contributed by atoms with Crippen molar-refractivity contribution in [2.45, 2.75) is 33.4 Å². The van der Waals surface area contributed by atoms with Gasteiger partial charge in [0.1, 0.15) is 6.54 Å². The standard InChI is InChI=1S/C12H16F3NOS/c1-4-9-6-10(18-8(9)3)11(17)16(5-2)7-12(13,14)15/h6H,4-5,7H2,1-3H3. The lowest BCUT2D eigenvalue weighted by molar-refractivity contribution is -0.140. The molecule has 102 valence electrons. The highest BCUT2D eigenvalue weighted by Crippen LogP contribution is 2.25. The number of carbonyl (C=O) groups excluding carboxylic acids is 1. The molecule has 1 aromatic rings. The predicted molar refractivity (Wildman–Crippen MR) is 66.1 cm³/mol. The van der Waals surface area contributed by atoms with Crippen LogP contribution in [0.15, 0.2) is 6.07 Å². The van der Waals surface area contributed by atoms with Crippen molar-refractivity contribution >= 4 is 17.2 Å². The zero-order chi connectivity index (χ0) is 13.9. The van der Waals surface area contributed by atoms with Gasteiger partial charge in [0.2, 0.25) is 0 Å². The van der Waals surface area contributed by atoms with Crippen LogP contribution in [0.1, 0.15) is 34.0 Å². The minimum Gasteiger partial charge on any atom is -0.329 e. The monoisotopic (exact) mass is 279 g/mol. The Labute approximate surface area is 108 Å². The van der Waals surface area contributed by atoms with Crippen molar-refractivity contribution < 1.29 is 18.0 Å². The van der Waals surface area contributed by atoms with Gasteiger partial charge in [-0.3, -0.25) is 4.79 Å². The van der Waals surface area contributed by atoms with E-state index in [1.807, 2.05) is 13.8 Å². The molecule has 0 spiro atoms. The minimum atomic E-state index is -4.36. The third-order valence-electron chi connectivity index (χ3n) is 2.65. The van der Waals surface area contributed by atoms with Crippen molar-refractivity contribution in [3.8, 4) is 0 Å².